The Bertz CT molecular complexity index is 1130. The summed E-state index contributed by atoms with van der Waals surface area (Å²) in [7, 11) is 3.16. The molecule has 0 aliphatic heterocycles. The molecule has 7 heteroatoms. The zero-order valence-electron chi connectivity index (χ0n) is 28.5. The van der Waals surface area contributed by atoms with Crippen LogP contribution in [0.1, 0.15) is 59.1 Å². The lowest BCUT2D eigenvalue weighted by molar-refractivity contribution is -0.0186. The lowest BCUT2D eigenvalue weighted by Crippen LogP contribution is -2.43. The van der Waals surface area contributed by atoms with Crippen LogP contribution in [0, 0.1) is 5.92 Å². The van der Waals surface area contributed by atoms with Crippen molar-refractivity contribution in [3.63, 3.8) is 0 Å². The maximum atomic E-state index is 6.61. The van der Waals surface area contributed by atoms with E-state index >= 15 is 0 Å². The van der Waals surface area contributed by atoms with Gasteiger partial charge in [-0.25, -0.2) is 0 Å². The molecule has 0 N–H and O–H groups in total. The molecule has 240 valence electrons. The largest absolute Gasteiger partial charge is 0.497 e. The number of hydrogen-bond donors (Lipinski definition) is 0. The molecular weight excluding hydrogens is 556 g/mol. The first-order chi connectivity index (χ1) is 20.2. The molecular formula is C36H56O6Si. The Labute approximate surface area is 262 Å². The number of ether oxygens (including phenoxy) is 5. The van der Waals surface area contributed by atoms with Crippen LogP contribution in [0.5, 0.6) is 11.5 Å². The first-order valence-electron chi connectivity index (χ1n) is 15.2. The van der Waals surface area contributed by atoms with Crippen LogP contribution >= 0.6 is 0 Å². The molecule has 43 heavy (non-hydrogen) atoms. The SMILES string of the molecule is C=C(C)[C@@H](OCc1ccc(OC)cc1)[C@H](C)[C@@H](/C=C(\C)C[C@H](CO[Si](C)(C)C(C)(C)C)OCc1ccc(OC)cc1)OC. The van der Waals surface area contributed by atoms with Gasteiger partial charge in [0, 0.05) is 13.0 Å². The summed E-state index contributed by atoms with van der Waals surface area (Å²) in [6, 6.07) is 15.9. The fourth-order valence-corrected chi connectivity index (χ4v) is 5.62. The van der Waals surface area contributed by atoms with Crippen molar-refractivity contribution in [2.45, 2.75) is 97.6 Å². The van der Waals surface area contributed by atoms with Crippen LogP contribution in [0.4, 0.5) is 0 Å². The van der Waals surface area contributed by atoms with E-state index in [1.807, 2.05) is 55.5 Å². The Morgan fingerprint density at radius 1 is 0.837 bits per heavy atom. The van der Waals surface area contributed by atoms with Gasteiger partial charge in [-0.05, 0) is 73.8 Å². The van der Waals surface area contributed by atoms with E-state index in [4.69, 9.17) is 28.1 Å². The molecule has 2 aromatic carbocycles. The van der Waals surface area contributed by atoms with Gasteiger partial charge in [0.25, 0.3) is 0 Å². The quantitative estimate of drug-likeness (QED) is 0.124. The van der Waals surface area contributed by atoms with Crippen LogP contribution in [-0.4, -0.2) is 54.6 Å². The minimum absolute atomic E-state index is 0.0536. The lowest BCUT2D eigenvalue weighted by Gasteiger charge is -2.37. The number of benzene rings is 2. The summed E-state index contributed by atoms with van der Waals surface area (Å²) in [6.45, 7) is 23.4. The van der Waals surface area contributed by atoms with E-state index in [0.717, 1.165) is 34.6 Å². The molecule has 0 saturated heterocycles. The molecule has 6 nitrogen and oxygen atoms in total. The minimum atomic E-state index is -1.94. The summed E-state index contributed by atoms with van der Waals surface area (Å²) in [6.07, 6.45) is 2.53. The average Bonchev–Trinajstić information content (AvgIpc) is 2.97. The Balaban J connectivity index is 2.15. The zero-order chi connectivity index (χ0) is 32.2. The predicted octanol–water partition coefficient (Wildman–Crippen LogP) is 8.76. The van der Waals surface area contributed by atoms with Gasteiger partial charge in [0.05, 0.1) is 52.4 Å². The summed E-state index contributed by atoms with van der Waals surface area (Å²) < 4.78 is 36.1. The van der Waals surface area contributed by atoms with Crippen molar-refractivity contribution in [1.29, 1.82) is 0 Å². The molecule has 0 fully saturated rings. The van der Waals surface area contributed by atoms with Gasteiger partial charge in [-0.15, -0.1) is 0 Å². The monoisotopic (exact) mass is 612 g/mol. The number of rotatable bonds is 18. The number of hydrogen-bond acceptors (Lipinski definition) is 6. The molecule has 0 amide bonds. The molecule has 0 unspecified atom stereocenters. The minimum Gasteiger partial charge on any atom is -0.497 e. The molecule has 0 bridgehead atoms. The molecule has 0 radical (unpaired) electrons. The Morgan fingerprint density at radius 3 is 1.74 bits per heavy atom. The Hall–Kier alpha value is -2.42. The maximum absolute atomic E-state index is 6.61. The second kappa shape index (κ2) is 17.2. The molecule has 4 atom stereocenters. The van der Waals surface area contributed by atoms with E-state index in [-0.39, 0.29) is 29.3 Å². The average molecular weight is 613 g/mol. The Morgan fingerprint density at radius 2 is 1.33 bits per heavy atom. The summed E-state index contributed by atoms with van der Waals surface area (Å²) in [5.41, 5.74) is 4.34. The standard InChI is InChI=1S/C36H56O6Si/c1-26(2)35(41-24-30-15-19-32(38-9)20-16-30)28(4)34(39-10)22-27(3)21-33(25-42-43(11,12)36(5,6)7)40-23-29-13-17-31(37-8)18-14-29/h13-20,22,28,33-35H,1,21,23-25H2,2-12H3/b27-22+/t28-,33-,34-,35-/m1/s1. The normalized spacial score (nSPS) is 15.5. The van der Waals surface area contributed by atoms with Gasteiger partial charge in [-0.3, -0.25) is 0 Å². The maximum Gasteiger partial charge on any atom is 0.192 e. The molecule has 0 aliphatic rings. The van der Waals surface area contributed by atoms with Gasteiger partial charge < -0.3 is 28.1 Å². The highest BCUT2D eigenvalue weighted by Crippen LogP contribution is 2.37. The lowest BCUT2D eigenvalue weighted by atomic mass is 9.91. The molecule has 0 heterocycles. The molecule has 2 aromatic rings. The topological polar surface area (TPSA) is 55.4 Å². The van der Waals surface area contributed by atoms with Crippen molar-refractivity contribution in [1.82, 2.24) is 0 Å². The zero-order valence-corrected chi connectivity index (χ0v) is 29.5. The van der Waals surface area contributed by atoms with Crippen molar-refractivity contribution in [3.05, 3.63) is 83.5 Å². The second-order valence-electron chi connectivity index (χ2n) is 13.1. The molecule has 2 rings (SSSR count). The van der Waals surface area contributed by atoms with Crippen LogP contribution in [0.3, 0.4) is 0 Å². The van der Waals surface area contributed by atoms with Crippen molar-refractivity contribution < 1.29 is 28.1 Å². The highest BCUT2D eigenvalue weighted by molar-refractivity contribution is 6.74. The third kappa shape index (κ3) is 11.9. The number of methoxy groups -OCH3 is 3. The fraction of sp³-hybridized carbons (Fsp3) is 0.556. The fourth-order valence-electron chi connectivity index (χ4n) is 4.58. The van der Waals surface area contributed by atoms with Crippen LogP contribution in [-0.2, 0) is 31.9 Å². The van der Waals surface area contributed by atoms with Gasteiger partial charge in [0.15, 0.2) is 8.32 Å². The van der Waals surface area contributed by atoms with Gasteiger partial charge in [-0.2, -0.15) is 0 Å². The van der Waals surface area contributed by atoms with Crippen LogP contribution in [0.15, 0.2) is 72.3 Å². The third-order valence-electron chi connectivity index (χ3n) is 8.42. The summed E-state index contributed by atoms with van der Waals surface area (Å²) >= 11 is 0. The van der Waals surface area contributed by atoms with Gasteiger partial charge in [0.1, 0.15) is 11.5 Å². The van der Waals surface area contributed by atoms with Crippen molar-refractivity contribution in [2.24, 2.45) is 5.92 Å². The van der Waals surface area contributed by atoms with E-state index in [1.54, 1.807) is 21.3 Å². The molecule has 0 aromatic heterocycles. The summed E-state index contributed by atoms with van der Waals surface area (Å²) in [4.78, 5) is 0. The van der Waals surface area contributed by atoms with Crippen LogP contribution in [0.2, 0.25) is 18.1 Å². The van der Waals surface area contributed by atoms with E-state index in [0.29, 0.717) is 19.8 Å². The molecule has 0 spiro atoms. The van der Waals surface area contributed by atoms with E-state index in [9.17, 15) is 0 Å². The second-order valence-corrected chi connectivity index (χ2v) is 17.9. The van der Waals surface area contributed by atoms with Crippen molar-refractivity contribution in [2.75, 3.05) is 27.9 Å². The Kier molecular flexibility index (Phi) is 14.7. The van der Waals surface area contributed by atoms with Gasteiger partial charge >= 0.3 is 0 Å². The van der Waals surface area contributed by atoms with Gasteiger partial charge in [-0.1, -0.05) is 75.8 Å². The van der Waals surface area contributed by atoms with Gasteiger partial charge in [0.2, 0.25) is 0 Å². The first kappa shape index (κ1) is 36.8. The highest BCUT2D eigenvalue weighted by atomic mass is 28.4. The third-order valence-corrected chi connectivity index (χ3v) is 12.9. The van der Waals surface area contributed by atoms with Crippen LogP contribution in [0.25, 0.3) is 0 Å². The summed E-state index contributed by atoms with van der Waals surface area (Å²) in [5.74, 6) is 1.72. The van der Waals surface area contributed by atoms with E-state index in [1.165, 1.54) is 5.57 Å². The van der Waals surface area contributed by atoms with Crippen molar-refractivity contribution in [3.8, 4) is 11.5 Å². The highest BCUT2D eigenvalue weighted by Gasteiger charge is 2.37. The van der Waals surface area contributed by atoms with Crippen LogP contribution < -0.4 is 9.47 Å². The smallest absolute Gasteiger partial charge is 0.192 e. The molecule has 0 saturated carbocycles. The van der Waals surface area contributed by atoms with Crippen molar-refractivity contribution >= 4 is 8.32 Å². The van der Waals surface area contributed by atoms with E-state index in [2.05, 4.69) is 60.4 Å². The molecule has 0 aliphatic carbocycles. The predicted molar refractivity (Wildman–Crippen MR) is 179 cm³/mol. The summed E-state index contributed by atoms with van der Waals surface area (Å²) in [5, 5.41) is 0.123. The van der Waals surface area contributed by atoms with E-state index < -0.39 is 8.32 Å². The first-order valence-corrected chi connectivity index (χ1v) is 18.1.